The van der Waals surface area contributed by atoms with Crippen LogP contribution in [-0.4, -0.2) is 11.6 Å². The van der Waals surface area contributed by atoms with Crippen LogP contribution in [0.25, 0.3) is 10.9 Å². The van der Waals surface area contributed by atoms with Crippen LogP contribution in [0, 0.1) is 7.14 Å². The summed E-state index contributed by atoms with van der Waals surface area (Å²) in [6.45, 7) is 2.66. The number of pyridine rings is 1. The maximum Gasteiger partial charge on any atom is 0.158 e. The Morgan fingerprint density at radius 2 is 2.13 bits per heavy atom. The van der Waals surface area contributed by atoms with Crippen molar-refractivity contribution in [3.05, 3.63) is 31.5 Å². The highest BCUT2D eigenvalue weighted by atomic mass is 127. The molecule has 0 saturated carbocycles. The van der Waals surface area contributed by atoms with Gasteiger partial charge in [-0.2, -0.15) is 0 Å². The Hall–Kier alpha value is -0.110. The molecule has 1 aromatic heterocycles. The van der Waals surface area contributed by atoms with Gasteiger partial charge in [0.25, 0.3) is 0 Å². The zero-order chi connectivity index (χ0) is 10.8. The van der Waals surface area contributed by atoms with Gasteiger partial charge in [0.2, 0.25) is 0 Å². The fourth-order valence-corrected chi connectivity index (χ4v) is 3.49. The smallest absolute Gasteiger partial charge is 0.158 e. The summed E-state index contributed by atoms with van der Waals surface area (Å²) in [6.07, 6.45) is 1.80. The van der Waals surface area contributed by atoms with Gasteiger partial charge in [0.15, 0.2) is 5.75 Å². The Morgan fingerprint density at radius 1 is 1.33 bits per heavy atom. The molecule has 0 aliphatic heterocycles. The fourth-order valence-electron chi connectivity index (χ4n) is 1.43. The number of fused-ring (bicyclic) bond motifs is 1. The molecule has 0 fully saturated rings. The molecule has 0 aliphatic carbocycles. The zero-order valence-corrected chi connectivity index (χ0v) is 12.4. The summed E-state index contributed by atoms with van der Waals surface area (Å²) < 4.78 is 7.96. The number of hydrogen-bond donors (Lipinski definition) is 0. The fraction of sp³-hybridized carbons (Fsp3) is 0.182. The van der Waals surface area contributed by atoms with E-state index in [-0.39, 0.29) is 0 Å². The molecule has 0 aliphatic rings. The molecule has 78 valence electrons. The lowest BCUT2D eigenvalue weighted by Gasteiger charge is -2.10. The Balaban J connectivity index is 2.77. The zero-order valence-electron chi connectivity index (χ0n) is 8.13. The summed E-state index contributed by atoms with van der Waals surface area (Å²) in [6, 6.07) is 6.14. The van der Waals surface area contributed by atoms with Crippen molar-refractivity contribution in [1.29, 1.82) is 0 Å². The SMILES string of the molecule is CCOc1c(I)cc(I)c2cccnc12. The average Bonchev–Trinajstić information content (AvgIpc) is 2.24. The highest BCUT2D eigenvalue weighted by Crippen LogP contribution is 2.32. The Kier molecular flexibility index (Phi) is 3.65. The maximum atomic E-state index is 5.63. The van der Waals surface area contributed by atoms with Crippen LogP contribution in [0.1, 0.15) is 6.92 Å². The normalized spacial score (nSPS) is 10.6. The number of halogens is 2. The first-order valence-electron chi connectivity index (χ1n) is 4.59. The lowest BCUT2D eigenvalue weighted by Crippen LogP contribution is -1.97. The van der Waals surface area contributed by atoms with E-state index in [4.69, 9.17) is 4.74 Å². The van der Waals surface area contributed by atoms with Crippen LogP contribution >= 0.6 is 45.2 Å². The Morgan fingerprint density at radius 3 is 2.87 bits per heavy atom. The Labute approximate surface area is 116 Å². The molecule has 2 nitrogen and oxygen atoms in total. The molecule has 0 atom stereocenters. The number of nitrogens with zero attached hydrogens (tertiary/aromatic N) is 1. The van der Waals surface area contributed by atoms with Crippen LogP contribution in [0.3, 0.4) is 0 Å². The minimum atomic E-state index is 0.669. The molecule has 2 aromatic rings. The van der Waals surface area contributed by atoms with Crippen LogP contribution in [0.5, 0.6) is 5.75 Å². The molecule has 0 spiro atoms. The highest BCUT2D eigenvalue weighted by Gasteiger charge is 2.10. The van der Waals surface area contributed by atoms with Gasteiger partial charge in [-0.05, 0) is 64.2 Å². The predicted octanol–water partition coefficient (Wildman–Crippen LogP) is 3.84. The van der Waals surface area contributed by atoms with Crippen LogP contribution in [-0.2, 0) is 0 Å². The van der Waals surface area contributed by atoms with Crippen molar-refractivity contribution in [3.8, 4) is 5.75 Å². The van der Waals surface area contributed by atoms with E-state index in [9.17, 15) is 0 Å². The van der Waals surface area contributed by atoms with Crippen molar-refractivity contribution in [3.63, 3.8) is 0 Å². The monoisotopic (exact) mass is 425 g/mol. The third-order valence-electron chi connectivity index (χ3n) is 2.04. The van der Waals surface area contributed by atoms with E-state index in [1.165, 1.54) is 3.57 Å². The number of ether oxygens (including phenoxy) is 1. The molecule has 0 saturated heterocycles. The van der Waals surface area contributed by atoms with Crippen LogP contribution < -0.4 is 4.74 Å². The van der Waals surface area contributed by atoms with Crippen LogP contribution in [0.4, 0.5) is 0 Å². The van der Waals surface area contributed by atoms with E-state index in [1.54, 1.807) is 6.20 Å². The van der Waals surface area contributed by atoms with Gasteiger partial charge in [0.05, 0.1) is 10.2 Å². The van der Waals surface area contributed by atoms with E-state index >= 15 is 0 Å². The molecular weight excluding hydrogens is 416 g/mol. The van der Waals surface area contributed by atoms with E-state index in [2.05, 4.69) is 62.3 Å². The van der Waals surface area contributed by atoms with Crippen molar-refractivity contribution in [2.75, 3.05) is 6.61 Å². The average molecular weight is 425 g/mol. The number of hydrogen-bond acceptors (Lipinski definition) is 2. The maximum absolute atomic E-state index is 5.63. The van der Waals surface area contributed by atoms with Gasteiger partial charge in [-0.15, -0.1) is 0 Å². The molecule has 15 heavy (non-hydrogen) atoms. The molecular formula is C11H9I2NO. The quantitative estimate of drug-likeness (QED) is 0.683. The molecule has 0 radical (unpaired) electrons. The summed E-state index contributed by atoms with van der Waals surface area (Å²) in [5.41, 5.74) is 0.954. The van der Waals surface area contributed by atoms with Gasteiger partial charge in [0.1, 0.15) is 5.52 Å². The summed E-state index contributed by atoms with van der Waals surface area (Å²) in [5.74, 6) is 0.897. The molecule has 0 unspecified atom stereocenters. The van der Waals surface area contributed by atoms with Gasteiger partial charge in [-0.1, -0.05) is 6.07 Å². The first kappa shape index (κ1) is 11.4. The first-order valence-corrected chi connectivity index (χ1v) is 6.75. The largest absolute Gasteiger partial charge is 0.490 e. The summed E-state index contributed by atoms with van der Waals surface area (Å²) >= 11 is 4.62. The minimum Gasteiger partial charge on any atom is -0.490 e. The lowest BCUT2D eigenvalue weighted by molar-refractivity contribution is 0.341. The number of rotatable bonds is 2. The Bertz CT molecular complexity index is 499. The van der Waals surface area contributed by atoms with Gasteiger partial charge in [0, 0.05) is 15.2 Å². The minimum absolute atomic E-state index is 0.669. The second-order valence-electron chi connectivity index (χ2n) is 3.00. The molecule has 4 heteroatoms. The van der Waals surface area contributed by atoms with E-state index < -0.39 is 0 Å². The van der Waals surface area contributed by atoms with Gasteiger partial charge in [-0.3, -0.25) is 4.98 Å². The molecule has 2 rings (SSSR count). The highest BCUT2D eigenvalue weighted by molar-refractivity contribution is 14.1. The predicted molar refractivity (Wildman–Crippen MR) is 78.3 cm³/mol. The third-order valence-corrected chi connectivity index (χ3v) is 3.73. The molecule has 1 heterocycles. The van der Waals surface area contributed by atoms with Gasteiger partial charge < -0.3 is 4.74 Å². The standard InChI is InChI=1S/C11H9I2NO/c1-2-15-11-9(13)6-8(12)7-4-3-5-14-10(7)11/h3-6H,2H2,1H3. The molecule has 0 N–H and O–H groups in total. The third kappa shape index (κ3) is 2.20. The molecule has 0 bridgehead atoms. The second kappa shape index (κ2) is 4.82. The summed E-state index contributed by atoms with van der Waals surface area (Å²) in [4.78, 5) is 4.39. The van der Waals surface area contributed by atoms with Gasteiger partial charge in [-0.25, -0.2) is 0 Å². The van der Waals surface area contributed by atoms with E-state index in [0.29, 0.717) is 6.61 Å². The lowest BCUT2D eigenvalue weighted by atomic mass is 10.2. The van der Waals surface area contributed by atoms with Crippen LogP contribution in [0.2, 0.25) is 0 Å². The first-order chi connectivity index (χ1) is 7.24. The number of benzene rings is 1. The van der Waals surface area contributed by atoms with E-state index in [1.807, 2.05) is 13.0 Å². The summed E-state index contributed by atoms with van der Waals surface area (Å²) in [7, 11) is 0. The van der Waals surface area contributed by atoms with E-state index in [0.717, 1.165) is 20.2 Å². The van der Waals surface area contributed by atoms with Crippen molar-refractivity contribution < 1.29 is 4.74 Å². The van der Waals surface area contributed by atoms with Crippen LogP contribution in [0.15, 0.2) is 24.4 Å². The molecule has 1 aromatic carbocycles. The number of aromatic nitrogens is 1. The van der Waals surface area contributed by atoms with Crippen molar-refractivity contribution in [2.45, 2.75) is 6.92 Å². The topological polar surface area (TPSA) is 22.1 Å². The van der Waals surface area contributed by atoms with Crippen molar-refractivity contribution in [1.82, 2.24) is 4.98 Å². The molecule has 0 amide bonds. The van der Waals surface area contributed by atoms with Crippen molar-refractivity contribution in [2.24, 2.45) is 0 Å². The summed E-state index contributed by atoms with van der Waals surface area (Å²) in [5, 5.41) is 1.15. The van der Waals surface area contributed by atoms with Gasteiger partial charge >= 0.3 is 0 Å². The second-order valence-corrected chi connectivity index (χ2v) is 5.33. The van der Waals surface area contributed by atoms with Crippen molar-refractivity contribution >= 4 is 56.1 Å².